The van der Waals surface area contributed by atoms with Crippen molar-refractivity contribution in [3.63, 3.8) is 0 Å². The molecule has 1 N–H and O–H groups in total. The van der Waals surface area contributed by atoms with E-state index in [-0.39, 0.29) is 5.56 Å². The van der Waals surface area contributed by atoms with Crippen molar-refractivity contribution in [2.45, 2.75) is 24.3 Å². The Kier molecular flexibility index (Phi) is 4.16. The number of aromatic nitrogens is 3. The Hall–Kier alpha value is -1.47. The molecule has 7 heteroatoms. The Balaban J connectivity index is 2.48. The summed E-state index contributed by atoms with van der Waals surface area (Å²) in [5, 5.41) is 13.7. The first-order valence-electron chi connectivity index (χ1n) is 5.66. The fourth-order valence-corrected chi connectivity index (χ4v) is 2.01. The number of aliphatic hydroxyl groups excluding tert-OH is 1. The van der Waals surface area contributed by atoms with Crippen LogP contribution in [0.5, 0.6) is 0 Å². The lowest BCUT2D eigenvalue weighted by molar-refractivity contribution is 0.124. The van der Waals surface area contributed by atoms with Crippen molar-refractivity contribution in [3.05, 3.63) is 48.1 Å². The van der Waals surface area contributed by atoms with Gasteiger partial charge in [0.1, 0.15) is 30.3 Å². The van der Waals surface area contributed by atoms with Crippen LogP contribution < -0.4 is 0 Å². The van der Waals surface area contributed by atoms with Gasteiger partial charge in [0.2, 0.25) is 0 Å². The second-order valence-electron chi connectivity index (χ2n) is 4.22. The molecule has 0 bridgehead atoms. The third-order valence-corrected chi connectivity index (χ3v) is 3.13. The number of aliphatic hydroxyl groups is 1. The predicted molar refractivity (Wildman–Crippen MR) is 69.0 cm³/mol. The van der Waals surface area contributed by atoms with Gasteiger partial charge in [-0.1, -0.05) is 13.0 Å². The molecule has 2 aromatic rings. The van der Waals surface area contributed by atoms with Gasteiger partial charge in [-0.2, -0.15) is 17.7 Å². The topological polar surface area (TPSA) is 50.9 Å². The fraction of sp³-hybridized carbons (Fsp3) is 0.333. The summed E-state index contributed by atoms with van der Waals surface area (Å²) < 4.78 is 28.2. The average Bonchev–Trinajstić information content (AvgIpc) is 2.85. The highest BCUT2D eigenvalue weighted by molar-refractivity contribution is 7.81. The van der Waals surface area contributed by atoms with Crippen LogP contribution in [-0.4, -0.2) is 31.2 Å². The monoisotopic (exact) mass is 285 g/mol. The second kappa shape index (κ2) is 5.66. The Bertz CT molecular complexity index is 548. The molecule has 19 heavy (non-hydrogen) atoms. The summed E-state index contributed by atoms with van der Waals surface area (Å²) in [7, 11) is 0. The molecule has 0 saturated carbocycles. The fourth-order valence-electron chi connectivity index (χ4n) is 1.85. The van der Waals surface area contributed by atoms with Crippen molar-refractivity contribution >= 4 is 12.6 Å². The van der Waals surface area contributed by atoms with Crippen molar-refractivity contribution in [1.82, 2.24) is 14.8 Å². The summed E-state index contributed by atoms with van der Waals surface area (Å²) in [4.78, 5) is 3.78. The van der Waals surface area contributed by atoms with Gasteiger partial charge in [0.25, 0.3) is 0 Å². The minimum absolute atomic E-state index is 0.139. The van der Waals surface area contributed by atoms with Crippen molar-refractivity contribution in [2.24, 2.45) is 0 Å². The van der Waals surface area contributed by atoms with E-state index in [4.69, 9.17) is 0 Å². The maximum atomic E-state index is 13.9. The van der Waals surface area contributed by atoms with Crippen molar-refractivity contribution in [2.75, 3.05) is 0 Å². The summed E-state index contributed by atoms with van der Waals surface area (Å²) in [5.41, 5.74) is 0.139. The predicted octanol–water partition coefficient (Wildman–Crippen LogP) is 1.82. The first-order chi connectivity index (χ1) is 9.00. The maximum Gasteiger partial charge on any atom is 0.137 e. The molecular weight excluding hydrogens is 272 g/mol. The SMILES string of the molecule is CC(S)C(O)C(c1ccc(F)cc1F)n1cncn1. The van der Waals surface area contributed by atoms with Gasteiger partial charge in [-0.25, -0.2) is 18.4 Å². The lowest BCUT2D eigenvalue weighted by Gasteiger charge is -2.26. The summed E-state index contributed by atoms with van der Waals surface area (Å²) in [5.74, 6) is -1.42. The number of halogens is 2. The van der Waals surface area contributed by atoms with Crippen molar-refractivity contribution < 1.29 is 13.9 Å². The number of nitrogens with zero attached hydrogens (tertiary/aromatic N) is 3. The van der Waals surface area contributed by atoms with Crippen LogP contribution in [-0.2, 0) is 0 Å². The molecule has 4 nitrogen and oxygen atoms in total. The van der Waals surface area contributed by atoms with Crippen LogP contribution in [0.4, 0.5) is 8.78 Å². The molecule has 0 fully saturated rings. The summed E-state index contributed by atoms with van der Waals surface area (Å²) >= 11 is 4.16. The molecular formula is C12H13F2N3OS. The highest BCUT2D eigenvalue weighted by Crippen LogP contribution is 2.27. The van der Waals surface area contributed by atoms with Gasteiger partial charge in [0, 0.05) is 16.9 Å². The lowest BCUT2D eigenvalue weighted by atomic mass is 9.99. The van der Waals surface area contributed by atoms with Gasteiger partial charge in [-0.05, 0) is 6.07 Å². The van der Waals surface area contributed by atoms with E-state index in [0.717, 1.165) is 12.1 Å². The molecule has 0 spiro atoms. The quantitative estimate of drug-likeness (QED) is 0.843. The third kappa shape index (κ3) is 2.93. The van der Waals surface area contributed by atoms with Crippen LogP contribution in [0.15, 0.2) is 30.9 Å². The van der Waals surface area contributed by atoms with Gasteiger partial charge >= 0.3 is 0 Å². The minimum atomic E-state index is -0.995. The van der Waals surface area contributed by atoms with Gasteiger partial charge in [0.05, 0.1) is 6.10 Å². The zero-order chi connectivity index (χ0) is 14.0. The lowest BCUT2D eigenvalue weighted by Crippen LogP contribution is -2.32. The van der Waals surface area contributed by atoms with E-state index in [9.17, 15) is 13.9 Å². The molecule has 0 aliphatic carbocycles. The second-order valence-corrected chi connectivity index (χ2v) is 5.03. The number of hydrogen-bond donors (Lipinski definition) is 2. The molecule has 0 aliphatic rings. The highest BCUT2D eigenvalue weighted by atomic mass is 32.1. The zero-order valence-corrected chi connectivity index (χ0v) is 11.0. The van der Waals surface area contributed by atoms with E-state index in [1.54, 1.807) is 6.92 Å². The first kappa shape index (κ1) is 14.0. The van der Waals surface area contributed by atoms with Crippen LogP contribution in [0.25, 0.3) is 0 Å². The Morgan fingerprint density at radius 1 is 1.37 bits per heavy atom. The molecule has 0 aliphatic heterocycles. The number of thiol groups is 1. The van der Waals surface area contributed by atoms with Crippen molar-refractivity contribution in [3.8, 4) is 0 Å². The van der Waals surface area contributed by atoms with E-state index in [0.29, 0.717) is 0 Å². The van der Waals surface area contributed by atoms with Gasteiger partial charge in [-0.3, -0.25) is 0 Å². The van der Waals surface area contributed by atoms with E-state index in [1.165, 1.54) is 23.4 Å². The smallest absolute Gasteiger partial charge is 0.137 e. The Morgan fingerprint density at radius 2 is 2.11 bits per heavy atom. The Labute approximate surface area is 114 Å². The van der Waals surface area contributed by atoms with Crippen LogP contribution >= 0.6 is 12.6 Å². The molecule has 2 rings (SSSR count). The molecule has 0 saturated heterocycles. The van der Waals surface area contributed by atoms with Crippen LogP contribution in [0.3, 0.4) is 0 Å². The molecule has 3 unspecified atom stereocenters. The molecule has 3 atom stereocenters. The van der Waals surface area contributed by atoms with Crippen LogP contribution in [0.2, 0.25) is 0 Å². The minimum Gasteiger partial charge on any atom is -0.389 e. The van der Waals surface area contributed by atoms with E-state index in [2.05, 4.69) is 22.7 Å². The molecule has 0 amide bonds. The summed E-state index contributed by atoms with van der Waals surface area (Å²) in [6.45, 7) is 1.68. The van der Waals surface area contributed by atoms with Gasteiger partial charge in [-0.15, -0.1) is 0 Å². The molecule has 1 aromatic heterocycles. The van der Waals surface area contributed by atoms with E-state index in [1.807, 2.05) is 0 Å². The third-order valence-electron chi connectivity index (χ3n) is 2.82. The summed E-state index contributed by atoms with van der Waals surface area (Å²) in [6.07, 6.45) is 1.65. The van der Waals surface area contributed by atoms with Gasteiger partial charge < -0.3 is 5.11 Å². The molecule has 1 aromatic carbocycles. The average molecular weight is 285 g/mol. The zero-order valence-electron chi connectivity index (χ0n) is 10.1. The van der Waals surface area contributed by atoms with Crippen molar-refractivity contribution in [1.29, 1.82) is 0 Å². The number of rotatable bonds is 4. The normalized spacial score (nSPS) is 16.1. The van der Waals surface area contributed by atoms with Crippen LogP contribution in [0.1, 0.15) is 18.5 Å². The first-order valence-corrected chi connectivity index (χ1v) is 6.17. The largest absolute Gasteiger partial charge is 0.389 e. The highest BCUT2D eigenvalue weighted by Gasteiger charge is 2.29. The van der Waals surface area contributed by atoms with Crippen LogP contribution in [0, 0.1) is 11.6 Å². The number of hydrogen-bond acceptors (Lipinski definition) is 4. The van der Waals surface area contributed by atoms with E-state index < -0.39 is 29.0 Å². The number of benzene rings is 1. The maximum absolute atomic E-state index is 13.9. The standard InChI is InChI=1S/C12H13F2N3OS/c1-7(19)12(18)11(17-6-15-5-16-17)9-3-2-8(13)4-10(9)14/h2-7,11-12,18-19H,1H3. The molecule has 102 valence electrons. The van der Waals surface area contributed by atoms with Gasteiger partial charge in [0.15, 0.2) is 0 Å². The summed E-state index contributed by atoms with van der Waals surface area (Å²) in [6, 6.07) is 2.39. The Morgan fingerprint density at radius 3 is 2.63 bits per heavy atom. The molecule has 0 radical (unpaired) electrons. The molecule has 1 heterocycles. The van der Waals surface area contributed by atoms with E-state index >= 15 is 0 Å².